The van der Waals surface area contributed by atoms with Crippen LogP contribution in [0.15, 0.2) is 17.3 Å². The van der Waals surface area contributed by atoms with E-state index in [0.29, 0.717) is 5.82 Å². The van der Waals surface area contributed by atoms with Crippen LogP contribution in [0.4, 0.5) is 0 Å². The standard InChI is InChI=1S/C8H11ClN2O2S/c1-6(5-9)14(12,13)8-3-4-10-7(2)11-8/h3-4,6H,5H2,1-2H3. The van der Waals surface area contributed by atoms with E-state index in [1.165, 1.54) is 12.3 Å². The second-order valence-electron chi connectivity index (χ2n) is 2.95. The molecule has 78 valence electrons. The van der Waals surface area contributed by atoms with E-state index in [9.17, 15) is 8.42 Å². The summed E-state index contributed by atoms with van der Waals surface area (Å²) in [5, 5.41) is -0.586. The van der Waals surface area contributed by atoms with Crippen molar-refractivity contribution in [3.63, 3.8) is 0 Å². The van der Waals surface area contributed by atoms with E-state index in [2.05, 4.69) is 9.97 Å². The zero-order chi connectivity index (χ0) is 10.8. The summed E-state index contributed by atoms with van der Waals surface area (Å²) in [5.41, 5.74) is 0. The molecule has 0 saturated carbocycles. The van der Waals surface area contributed by atoms with Crippen molar-refractivity contribution in [3.8, 4) is 0 Å². The van der Waals surface area contributed by atoms with Crippen molar-refractivity contribution in [2.45, 2.75) is 24.1 Å². The highest BCUT2D eigenvalue weighted by atomic mass is 35.5. The number of alkyl halides is 1. The lowest BCUT2D eigenvalue weighted by Gasteiger charge is -2.08. The summed E-state index contributed by atoms with van der Waals surface area (Å²) in [6.07, 6.45) is 1.43. The molecule has 6 heteroatoms. The van der Waals surface area contributed by atoms with Gasteiger partial charge in [0.25, 0.3) is 0 Å². The van der Waals surface area contributed by atoms with Gasteiger partial charge in [0.15, 0.2) is 14.9 Å². The molecule has 0 bridgehead atoms. The number of rotatable bonds is 3. The zero-order valence-electron chi connectivity index (χ0n) is 7.94. The van der Waals surface area contributed by atoms with Gasteiger partial charge in [0.2, 0.25) is 0 Å². The van der Waals surface area contributed by atoms with Gasteiger partial charge in [-0.1, -0.05) is 0 Å². The highest BCUT2D eigenvalue weighted by Crippen LogP contribution is 2.13. The Morgan fingerprint density at radius 1 is 1.57 bits per heavy atom. The predicted octanol–water partition coefficient (Wildman–Crippen LogP) is 1.19. The van der Waals surface area contributed by atoms with Crippen LogP contribution in [0.1, 0.15) is 12.7 Å². The van der Waals surface area contributed by atoms with Crippen LogP contribution in [0.2, 0.25) is 0 Å². The molecule has 1 unspecified atom stereocenters. The highest BCUT2D eigenvalue weighted by molar-refractivity contribution is 7.92. The van der Waals surface area contributed by atoms with Crippen molar-refractivity contribution < 1.29 is 8.42 Å². The SMILES string of the molecule is Cc1nccc(S(=O)(=O)C(C)CCl)n1. The van der Waals surface area contributed by atoms with E-state index in [0.717, 1.165) is 0 Å². The molecule has 0 radical (unpaired) electrons. The van der Waals surface area contributed by atoms with Crippen LogP contribution >= 0.6 is 11.6 Å². The molecular weight excluding hydrogens is 224 g/mol. The Morgan fingerprint density at radius 2 is 2.21 bits per heavy atom. The fourth-order valence-corrected chi connectivity index (χ4v) is 2.47. The maximum Gasteiger partial charge on any atom is 0.199 e. The molecule has 1 heterocycles. The highest BCUT2D eigenvalue weighted by Gasteiger charge is 2.23. The number of halogens is 1. The maximum absolute atomic E-state index is 11.7. The topological polar surface area (TPSA) is 59.9 Å². The summed E-state index contributed by atoms with van der Waals surface area (Å²) in [5.74, 6) is 0.499. The Bertz CT molecular complexity index is 419. The molecule has 0 aliphatic carbocycles. The van der Waals surface area contributed by atoms with Gasteiger partial charge in [0, 0.05) is 12.1 Å². The van der Waals surface area contributed by atoms with Crippen molar-refractivity contribution in [1.29, 1.82) is 0 Å². The number of aryl methyl sites for hydroxylation is 1. The lowest BCUT2D eigenvalue weighted by atomic mass is 10.6. The van der Waals surface area contributed by atoms with E-state index in [1.807, 2.05) is 0 Å². The first-order chi connectivity index (χ1) is 6.48. The van der Waals surface area contributed by atoms with Crippen molar-refractivity contribution in [2.24, 2.45) is 0 Å². The zero-order valence-corrected chi connectivity index (χ0v) is 9.51. The molecule has 0 aliphatic heterocycles. The largest absolute Gasteiger partial charge is 0.242 e. The van der Waals surface area contributed by atoms with Crippen molar-refractivity contribution in [1.82, 2.24) is 9.97 Å². The molecule has 1 aromatic heterocycles. The molecule has 14 heavy (non-hydrogen) atoms. The summed E-state index contributed by atoms with van der Waals surface area (Å²) in [4.78, 5) is 7.69. The predicted molar refractivity (Wildman–Crippen MR) is 54.1 cm³/mol. The van der Waals surface area contributed by atoms with Crippen molar-refractivity contribution >= 4 is 21.4 Å². The van der Waals surface area contributed by atoms with E-state index >= 15 is 0 Å². The fourth-order valence-electron chi connectivity index (χ4n) is 0.882. The molecule has 4 nitrogen and oxygen atoms in total. The van der Waals surface area contributed by atoms with Crippen LogP contribution in [0.25, 0.3) is 0 Å². The van der Waals surface area contributed by atoms with Crippen LogP contribution in [0, 0.1) is 6.92 Å². The maximum atomic E-state index is 11.7. The number of hydrogen-bond acceptors (Lipinski definition) is 4. The van der Waals surface area contributed by atoms with Crippen LogP contribution in [-0.2, 0) is 9.84 Å². The molecule has 0 N–H and O–H groups in total. The van der Waals surface area contributed by atoms with Gasteiger partial charge >= 0.3 is 0 Å². The molecule has 1 rings (SSSR count). The Kier molecular flexibility index (Phi) is 3.44. The Morgan fingerprint density at radius 3 is 2.71 bits per heavy atom. The van der Waals surface area contributed by atoms with Crippen molar-refractivity contribution in [3.05, 3.63) is 18.1 Å². The van der Waals surface area contributed by atoms with Gasteiger partial charge in [0.1, 0.15) is 5.82 Å². The molecule has 0 amide bonds. The molecule has 1 aromatic rings. The summed E-state index contributed by atoms with van der Waals surface area (Å²) in [6, 6.07) is 1.38. The van der Waals surface area contributed by atoms with Crippen LogP contribution in [0.3, 0.4) is 0 Å². The van der Waals surface area contributed by atoms with E-state index < -0.39 is 15.1 Å². The summed E-state index contributed by atoms with van der Waals surface area (Å²) in [6.45, 7) is 3.20. The van der Waals surface area contributed by atoms with E-state index in [1.54, 1.807) is 13.8 Å². The quantitative estimate of drug-likeness (QED) is 0.582. The number of nitrogens with zero attached hydrogens (tertiary/aromatic N) is 2. The molecule has 0 aromatic carbocycles. The third kappa shape index (κ3) is 2.22. The summed E-state index contributed by atoms with van der Waals surface area (Å²) in [7, 11) is -3.39. The minimum absolute atomic E-state index is 0.0400. The summed E-state index contributed by atoms with van der Waals surface area (Å²) < 4.78 is 23.5. The van der Waals surface area contributed by atoms with E-state index in [4.69, 9.17) is 11.6 Å². The van der Waals surface area contributed by atoms with Gasteiger partial charge < -0.3 is 0 Å². The average Bonchev–Trinajstić information content (AvgIpc) is 2.16. The second-order valence-corrected chi connectivity index (χ2v) is 5.57. The minimum Gasteiger partial charge on any atom is -0.242 e. The van der Waals surface area contributed by atoms with Crippen molar-refractivity contribution in [2.75, 3.05) is 5.88 Å². The first-order valence-electron chi connectivity index (χ1n) is 4.08. The molecule has 1 atom stereocenters. The van der Waals surface area contributed by atoms with Gasteiger partial charge in [-0.2, -0.15) is 0 Å². The second kappa shape index (κ2) is 4.23. The normalized spacial score (nSPS) is 13.9. The van der Waals surface area contributed by atoms with Crippen LogP contribution < -0.4 is 0 Å². The fraction of sp³-hybridized carbons (Fsp3) is 0.500. The van der Waals surface area contributed by atoms with Gasteiger partial charge in [-0.15, -0.1) is 11.6 Å². The number of aromatic nitrogens is 2. The number of hydrogen-bond donors (Lipinski definition) is 0. The third-order valence-corrected chi connectivity index (χ3v) is 4.47. The van der Waals surface area contributed by atoms with Crippen LogP contribution in [-0.4, -0.2) is 29.5 Å². The Hall–Kier alpha value is -0.680. The lowest BCUT2D eigenvalue weighted by Crippen LogP contribution is -2.20. The molecule has 0 aliphatic rings. The van der Waals surface area contributed by atoms with Gasteiger partial charge in [-0.25, -0.2) is 18.4 Å². The smallest absolute Gasteiger partial charge is 0.199 e. The van der Waals surface area contributed by atoms with Gasteiger partial charge in [0.05, 0.1) is 5.25 Å². The molecule has 0 saturated heterocycles. The van der Waals surface area contributed by atoms with Gasteiger partial charge in [-0.3, -0.25) is 0 Å². The Balaban J connectivity index is 3.17. The minimum atomic E-state index is -3.39. The molecule has 0 spiro atoms. The number of sulfone groups is 1. The molecular formula is C8H11ClN2O2S. The first kappa shape index (κ1) is 11.4. The third-order valence-electron chi connectivity index (χ3n) is 1.79. The monoisotopic (exact) mass is 234 g/mol. The first-order valence-corrected chi connectivity index (χ1v) is 6.16. The summed E-state index contributed by atoms with van der Waals surface area (Å²) >= 11 is 5.50. The average molecular weight is 235 g/mol. The van der Waals surface area contributed by atoms with Crippen LogP contribution in [0.5, 0.6) is 0 Å². The Labute approximate surface area is 88.3 Å². The lowest BCUT2D eigenvalue weighted by molar-refractivity contribution is 0.583. The van der Waals surface area contributed by atoms with E-state index in [-0.39, 0.29) is 10.9 Å². The molecule has 0 fully saturated rings. The van der Waals surface area contributed by atoms with Gasteiger partial charge in [-0.05, 0) is 19.9 Å².